The van der Waals surface area contributed by atoms with Gasteiger partial charge in [0.25, 0.3) is 5.79 Å². The molecular formula is C12H16O7. The molecule has 1 unspecified atom stereocenters. The Morgan fingerprint density at radius 1 is 1.26 bits per heavy atom. The summed E-state index contributed by atoms with van der Waals surface area (Å²) in [4.78, 5) is 46.9. The van der Waals surface area contributed by atoms with Gasteiger partial charge in [-0.15, -0.1) is 0 Å². The number of carbonyl (C=O) groups is 4. The molecule has 19 heavy (non-hydrogen) atoms. The third-order valence-electron chi connectivity index (χ3n) is 3.22. The van der Waals surface area contributed by atoms with Crippen LogP contribution in [0.15, 0.2) is 0 Å². The van der Waals surface area contributed by atoms with Gasteiger partial charge in [0, 0.05) is 13.8 Å². The van der Waals surface area contributed by atoms with Gasteiger partial charge in [-0.1, -0.05) is 6.92 Å². The van der Waals surface area contributed by atoms with E-state index in [0.717, 1.165) is 6.92 Å². The van der Waals surface area contributed by atoms with Crippen LogP contribution in [0.3, 0.4) is 0 Å². The topological polar surface area (TPSA) is 107 Å². The van der Waals surface area contributed by atoms with E-state index >= 15 is 0 Å². The number of carbonyl (C=O) groups excluding carboxylic acids is 3. The average molecular weight is 272 g/mol. The van der Waals surface area contributed by atoms with Crippen molar-refractivity contribution in [3.05, 3.63) is 0 Å². The van der Waals surface area contributed by atoms with Crippen molar-refractivity contribution in [2.24, 2.45) is 11.3 Å². The lowest BCUT2D eigenvalue weighted by Crippen LogP contribution is -2.57. The molecule has 1 rings (SSSR count). The number of rotatable bonds is 4. The van der Waals surface area contributed by atoms with Crippen LogP contribution in [0, 0.1) is 11.3 Å². The van der Waals surface area contributed by atoms with E-state index in [0.29, 0.717) is 0 Å². The molecule has 0 bridgehead atoms. The first-order valence-electron chi connectivity index (χ1n) is 5.78. The van der Waals surface area contributed by atoms with Crippen LogP contribution in [-0.2, 0) is 28.7 Å². The number of carboxylic acids is 1. The summed E-state index contributed by atoms with van der Waals surface area (Å²) >= 11 is 0. The van der Waals surface area contributed by atoms with Crippen molar-refractivity contribution in [3.63, 3.8) is 0 Å². The SMILES string of the molecule is CCC(C(C)=O)(C(=O)O)C1C(=O)OC(C)(C)OC1=O. The van der Waals surface area contributed by atoms with Gasteiger partial charge >= 0.3 is 17.9 Å². The smallest absolute Gasteiger partial charge is 0.325 e. The van der Waals surface area contributed by atoms with Crippen LogP contribution in [0.2, 0.25) is 0 Å². The Bertz CT molecular complexity index is 415. The number of cyclic esters (lactones) is 2. The normalized spacial score (nSPS) is 22.1. The van der Waals surface area contributed by atoms with Crippen molar-refractivity contribution in [1.82, 2.24) is 0 Å². The molecular weight excluding hydrogens is 256 g/mol. The maximum atomic E-state index is 11.9. The third kappa shape index (κ3) is 2.32. The van der Waals surface area contributed by atoms with Crippen LogP contribution in [-0.4, -0.2) is 34.6 Å². The van der Waals surface area contributed by atoms with Gasteiger partial charge in [0.15, 0.2) is 5.92 Å². The summed E-state index contributed by atoms with van der Waals surface area (Å²) in [6.07, 6.45) is -0.215. The first kappa shape index (κ1) is 15.1. The number of Topliss-reactive ketones (excluding diaryl/α,β-unsaturated/α-hetero) is 1. The minimum absolute atomic E-state index is 0.215. The second-order valence-corrected chi connectivity index (χ2v) is 4.86. The fourth-order valence-corrected chi connectivity index (χ4v) is 2.20. The number of esters is 2. The number of ketones is 1. The molecule has 1 atom stereocenters. The van der Waals surface area contributed by atoms with E-state index in [2.05, 4.69) is 0 Å². The number of hydrogen-bond donors (Lipinski definition) is 1. The van der Waals surface area contributed by atoms with E-state index in [1.807, 2.05) is 0 Å². The highest BCUT2D eigenvalue weighted by Crippen LogP contribution is 2.39. The zero-order valence-electron chi connectivity index (χ0n) is 11.2. The number of hydrogen-bond acceptors (Lipinski definition) is 6. The van der Waals surface area contributed by atoms with Crippen molar-refractivity contribution in [2.45, 2.75) is 39.9 Å². The zero-order chi connectivity index (χ0) is 15.0. The van der Waals surface area contributed by atoms with Gasteiger partial charge in [0.05, 0.1) is 0 Å². The molecule has 1 aliphatic heterocycles. The Balaban J connectivity index is 3.32. The maximum Gasteiger partial charge on any atom is 0.325 e. The van der Waals surface area contributed by atoms with Crippen LogP contribution in [0.5, 0.6) is 0 Å². The van der Waals surface area contributed by atoms with Crippen LogP contribution in [0.25, 0.3) is 0 Å². The molecule has 0 aliphatic carbocycles. The lowest BCUT2D eigenvalue weighted by atomic mass is 9.70. The van der Waals surface area contributed by atoms with Crippen molar-refractivity contribution in [2.75, 3.05) is 0 Å². The van der Waals surface area contributed by atoms with E-state index in [-0.39, 0.29) is 6.42 Å². The van der Waals surface area contributed by atoms with Crippen molar-refractivity contribution < 1.29 is 33.8 Å². The van der Waals surface area contributed by atoms with Gasteiger partial charge in [-0.25, -0.2) is 0 Å². The summed E-state index contributed by atoms with van der Waals surface area (Å²) in [6.45, 7) is 5.14. The second kappa shape index (κ2) is 4.64. The fourth-order valence-electron chi connectivity index (χ4n) is 2.20. The molecule has 7 heteroatoms. The van der Waals surface area contributed by atoms with Gasteiger partial charge in [-0.2, -0.15) is 0 Å². The lowest BCUT2D eigenvalue weighted by Gasteiger charge is -2.38. The predicted octanol–water partition coefficient (Wildman–Crippen LogP) is 0.509. The number of carboxylic acid groups (broad SMARTS) is 1. The summed E-state index contributed by atoms with van der Waals surface area (Å²) in [6, 6.07) is 0. The Morgan fingerprint density at radius 2 is 1.68 bits per heavy atom. The highest BCUT2D eigenvalue weighted by Gasteiger charge is 2.60. The first-order chi connectivity index (χ1) is 8.58. The highest BCUT2D eigenvalue weighted by molar-refractivity contribution is 6.12. The Labute approximate surface area is 109 Å². The molecule has 106 valence electrons. The van der Waals surface area contributed by atoms with E-state index in [1.165, 1.54) is 20.8 Å². The van der Waals surface area contributed by atoms with Crippen LogP contribution >= 0.6 is 0 Å². The molecule has 7 nitrogen and oxygen atoms in total. The van der Waals surface area contributed by atoms with Gasteiger partial charge < -0.3 is 14.6 Å². The Kier molecular flexibility index (Phi) is 3.70. The van der Waals surface area contributed by atoms with Gasteiger partial charge in [0.1, 0.15) is 11.2 Å². The highest BCUT2D eigenvalue weighted by atomic mass is 16.7. The predicted molar refractivity (Wildman–Crippen MR) is 60.8 cm³/mol. The van der Waals surface area contributed by atoms with Crippen molar-refractivity contribution >= 4 is 23.7 Å². The quantitative estimate of drug-likeness (QED) is 0.586. The molecule has 0 aromatic carbocycles. The van der Waals surface area contributed by atoms with Crippen LogP contribution < -0.4 is 0 Å². The molecule has 0 radical (unpaired) electrons. The molecule has 1 aliphatic rings. The fraction of sp³-hybridized carbons (Fsp3) is 0.667. The summed E-state index contributed by atoms with van der Waals surface area (Å²) in [7, 11) is 0. The number of ether oxygens (including phenoxy) is 2. The minimum atomic E-state index is -2.15. The average Bonchev–Trinajstić information content (AvgIpc) is 2.20. The summed E-state index contributed by atoms with van der Waals surface area (Å²) in [5.41, 5.74) is -2.15. The summed E-state index contributed by atoms with van der Waals surface area (Å²) < 4.78 is 9.73. The lowest BCUT2D eigenvalue weighted by molar-refractivity contribution is -0.247. The van der Waals surface area contributed by atoms with Crippen LogP contribution in [0.4, 0.5) is 0 Å². The minimum Gasteiger partial charge on any atom is -0.480 e. The summed E-state index contributed by atoms with van der Waals surface area (Å²) in [5, 5.41) is 9.28. The molecule has 1 heterocycles. The van der Waals surface area contributed by atoms with Gasteiger partial charge in [0.2, 0.25) is 0 Å². The van der Waals surface area contributed by atoms with Crippen molar-refractivity contribution in [1.29, 1.82) is 0 Å². The number of aliphatic carboxylic acids is 1. The monoisotopic (exact) mass is 272 g/mol. The van der Waals surface area contributed by atoms with E-state index < -0.39 is 40.8 Å². The van der Waals surface area contributed by atoms with E-state index in [9.17, 15) is 24.3 Å². The Hall–Kier alpha value is -1.92. The van der Waals surface area contributed by atoms with Gasteiger partial charge in [-0.05, 0) is 13.3 Å². The molecule has 1 saturated heterocycles. The summed E-state index contributed by atoms with van der Waals surface area (Å²) in [5.74, 6) is -7.68. The molecule has 1 fully saturated rings. The second-order valence-electron chi connectivity index (χ2n) is 4.86. The molecule has 0 aromatic heterocycles. The van der Waals surface area contributed by atoms with Crippen molar-refractivity contribution in [3.8, 4) is 0 Å². The van der Waals surface area contributed by atoms with Crippen LogP contribution in [0.1, 0.15) is 34.1 Å². The standard InChI is InChI=1S/C12H16O7/c1-5-12(6(2)13,10(16)17)7-8(14)18-11(3,4)19-9(7)15/h7H,5H2,1-4H3,(H,16,17). The molecule has 0 spiro atoms. The molecule has 0 saturated carbocycles. The molecule has 1 N–H and O–H groups in total. The van der Waals surface area contributed by atoms with E-state index in [4.69, 9.17) is 9.47 Å². The van der Waals surface area contributed by atoms with E-state index in [1.54, 1.807) is 0 Å². The maximum absolute atomic E-state index is 11.9. The molecule has 0 aromatic rings. The third-order valence-corrected chi connectivity index (χ3v) is 3.22. The first-order valence-corrected chi connectivity index (χ1v) is 5.78. The molecule has 0 amide bonds. The zero-order valence-corrected chi connectivity index (χ0v) is 11.2. The largest absolute Gasteiger partial charge is 0.480 e. The Morgan fingerprint density at radius 3 is 1.95 bits per heavy atom. The van der Waals surface area contributed by atoms with Gasteiger partial charge in [-0.3, -0.25) is 19.2 Å².